The molecule has 0 radical (unpaired) electrons. The number of hydrogen-bond acceptors (Lipinski definition) is 4. The maximum atomic E-state index is 12.0. The van der Waals surface area contributed by atoms with E-state index in [0.717, 1.165) is 10.2 Å². The number of fused-ring (bicyclic) bond motifs is 1. The molecule has 102 valence electrons. The van der Waals surface area contributed by atoms with Gasteiger partial charge < -0.3 is 5.32 Å². The summed E-state index contributed by atoms with van der Waals surface area (Å²) in [7, 11) is 0. The Balaban J connectivity index is 1.71. The molecule has 20 heavy (non-hydrogen) atoms. The fourth-order valence-corrected chi connectivity index (χ4v) is 2.33. The highest BCUT2D eigenvalue weighted by Gasteiger charge is 2.05. The van der Waals surface area contributed by atoms with Crippen molar-refractivity contribution in [2.45, 2.75) is 6.54 Å². The molecule has 0 unspecified atom stereocenters. The van der Waals surface area contributed by atoms with Crippen LogP contribution in [0.3, 0.4) is 0 Å². The minimum absolute atomic E-state index is 0.154. The summed E-state index contributed by atoms with van der Waals surface area (Å²) in [5.74, 6) is 0. The molecule has 0 aliphatic carbocycles. The van der Waals surface area contributed by atoms with Crippen LogP contribution >= 0.6 is 15.9 Å². The van der Waals surface area contributed by atoms with Gasteiger partial charge in [0.05, 0.1) is 12.7 Å². The van der Waals surface area contributed by atoms with E-state index in [-0.39, 0.29) is 5.69 Å². The zero-order valence-corrected chi connectivity index (χ0v) is 12.1. The second-order valence-corrected chi connectivity index (χ2v) is 5.16. The maximum Gasteiger partial charge on any atom is 0.350 e. The van der Waals surface area contributed by atoms with Crippen LogP contribution in [0.2, 0.25) is 0 Å². The van der Waals surface area contributed by atoms with E-state index in [1.54, 1.807) is 18.6 Å². The van der Waals surface area contributed by atoms with Crippen LogP contribution in [0.4, 0.5) is 5.69 Å². The Bertz CT molecular complexity index is 795. The molecule has 0 fully saturated rings. The molecule has 0 saturated carbocycles. The lowest BCUT2D eigenvalue weighted by atomic mass is 10.3. The summed E-state index contributed by atoms with van der Waals surface area (Å²) in [5.41, 5.74) is 1.40. The van der Waals surface area contributed by atoms with Crippen LogP contribution in [-0.2, 0) is 6.54 Å². The third-order valence-corrected chi connectivity index (χ3v) is 3.36. The van der Waals surface area contributed by atoms with Gasteiger partial charge in [-0.3, -0.25) is 4.98 Å². The number of anilines is 1. The fourth-order valence-electron chi connectivity index (χ4n) is 1.93. The van der Waals surface area contributed by atoms with Crippen molar-refractivity contribution in [2.75, 3.05) is 11.9 Å². The first-order valence-electron chi connectivity index (χ1n) is 6.13. The van der Waals surface area contributed by atoms with Gasteiger partial charge in [0.15, 0.2) is 5.65 Å². The molecular weight excluding hydrogens is 322 g/mol. The second-order valence-electron chi connectivity index (χ2n) is 4.25. The molecule has 3 rings (SSSR count). The molecule has 1 N–H and O–H groups in total. The molecule has 2 heterocycles. The molecule has 0 aliphatic heterocycles. The van der Waals surface area contributed by atoms with Gasteiger partial charge in [-0.15, -0.1) is 5.10 Å². The number of nitrogens with one attached hydrogen (secondary N) is 1. The van der Waals surface area contributed by atoms with Crippen molar-refractivity contribution in [3.8, 4) is 0 Å². The topological polar surface area (TPSA) is 64.2 Å². The van der Waals surface area contributed by atoms with E-state index < -0.39 is 0 Å². The quantitative estimate of drug-likeness (QED) is 0.790. The minimum atomic E-state index is -0.154. The summed E-state index contributed by atoms with van der Waals surface area (Å²) >= 11 is 3.42. The van der Waals surface area contributed by atoms with Gasteiger partial charge in [-0.25, -0.2) is 13.9 Å². The number of benzene rings is 1. The molecule has 0 aliphatic rings. The van der Waals surface area contributed by atoms with E-state index in [1.807, 2.05) is 24.3 Å². The van der Waals surface area contributed by atoms with Crippen molar-refractivity contribution < 1.29 is 0 Å². The fraction of sp³-hybridized carbons (Fsp3) is 0.154. The van der Waals surface area contributed by atoms with Crippen LogP contribution in [0.15, 0.2) is 52.1 Å². The summed E-state index contributed by atoms with van der Waals surface area (Å²) in [6.45, 7) is 1.11. The molecule has 3 aromatic rings. The summed E-state index contributed by atoms with van der Waals surface area (Å²) in [4.78, 5) is 16.0. The molecule has 2 aromatic heterocycles. The van der Waals surface area contributed by atoms with Crippen LogP contribution in [0.1, 0.15) is 0 Å². The number of nitrogens with zero attached hydrogens (tertiary/aromatic N) is 4. The average molecular weight is 334 g/mol. The molecule has 6 nitrogen and oxygen atoms in total. The monoisotopic (exact) mass is 333 g/mol. The van der Waals surface area contributed by atoms with E-state index in [2.05, 4.69) is 31.3 Å². The third kappa shape index (κ3) is 2.57. The number of aromatic nitrogens is 4. The number of hydrogen-bond donors (Lipinski definition) is 1. The predicted molar refractivity (Wildman–Crippen MR) is 79.9 cm³/mol. The first-order valence-corrected chi connectivity index (χ1v) is 6.92. The van der Waals surface area contributed by atoms with Crippen molar-refractivity contribution in [1.29, 1.82) is 0 Å². The van der Waals surface area contributed by atoms with E-state index in [4.69, 9.17) is 0 Å². The first kappa shape index (κ1) is 12.9. The molecule has 0 spiro atoms. The van der Waals surface area contributed by atoms with Gasteiger partial charge in [0.2, 0.25) is 0 Å². The first-order chi connectivity index (χ1) is 9.74. The second kappa shape index (κ2) is 5.46. The van der Waals surface area contributed by atoms with Gasteiger partial charge >= 0.3 is 5.69 Å². The predicted octanol–water partition coefficient (Wildman–Crippen LogP) is 1.77. The van der Waals surface area contributed by atoms with Crippen molar-refractivity contribution in [1.82, 2.24) is 19.2 Å². The Morgan fingerprint density at radius 1 is 1.35 bits per heavy atom. The minimum Gasteiger partial charge on any atom is -0.383 e. The molecule has 7 heteroatoms. The van der Waals surface area contributed by atoms with Crippen molar-refractivity contribution in [2.24, 2.45) is 0 Å². The van der Waals surface area contributed by atoms with Gasteiger partial charge in [0.25, 0.3) is 0 Å². The smallest absolute Gasteiger partial charge is 0.350 e. The highest BCUT2D eigenvalue weighted by Crippen LogP contribution is 2.15. The summed E-state index contributed by atoms with van der Waals surface area (Å²) in [6, 6.07) is 7.87. The molecular formula is C13H12BrN5O. The zero-order chi connectivity index (χ0) is 13.9. The normalized spacial score (nSPS) is 10.8. The van der Waals surface area contributed by atoms with E-state index in [1.165, 1.54) is 9.08 Å². The molecule has 0 bridgehead atoms. The molecule has 0 atom stereocenters. The number of rotatable bonds is 4. The average Bonchev–Trinajstić information content (AvgIpc) is 2.76. The van der Waals surface area contributed by atoms with Gasteiger partial charge in [0.1, 0.15) is 0 Å². The van der Waals surface area contributed by atoms with Gasteiger partial charge in [-0.05, 0) is 18.2 Å². The van der Waals surface area contributed by atoms with Gasteiger partial charge in [-0.1, -0.05) is 22.0 Å². The van der Waals surface area contributed by atoms with Gasteiger partial charge in [-0.2, -0.15) is 0 Å². The zero-order valence-electron chi connectivity index (χ0n) is 10.5. The van der Waals surface area contributed by atoms with Crippen molar-refractivity contribution in [3.05, 3.63) is 57.8 Å². The SMILES string of the molecule is O=c1n(CCNc2cccc(Br)c2)nc2cnccn12. The summed E-state index contributed by atoms with van der Waals surface area (Å²) < 4.78 is 3.92. The molecule has 1 aromatic carbocycles. The maximum absolute atomic E-state index is 12.0. The Labute approximate surface area is 123 Å². The Morgan fingerprint density at radius 2 is 2.25 bits per heavy atom. The summed E-state index contributed by atoms with van der Waals surface area (Å²) in [5, 5.41) is 7.47. The lowest BCUT2D eigenvalue weighted by Gasteiger charge is -2.05. The van der Waals surface area contributed by atoms with Crippen molar-refractivity contribution in [3.63, 3.8) is 0 Å². The van der Waals surface area contributed by atoms with Crippen LogP contribution in [0.25, 0.3) is 5.65 Å². The Kier molecular flexibility index (Phi) is 3.51. The van der Waals surface area contributed by atoms with E-state index >= 15 is 0 Å². The third-order valence-electron chi connectivity index (χ3n) is 2.87. The Morgan fingerprint density at radius 3 is 3.05 bits per heavy atom. The molecule has 0 saturated heterocycles. The largest absolute Gasteiger partial charge is 0.383 e. The van der Waals surface area contributed by atoms with Crippen LogP contribution < -0.4 is 11.0 Å². The highest BCUT2D eigenvalue weighted by molar-refractivity contribution is 9.10. The van der Waals surface area contributed by atoms with Crippen LogP contribution in [0, 0.1) is 0 Å². The summed E-state index contributed by atoms with van der Waals surface area (Å²) in [6.07, 6.45) is 4.75. The Hall–Kier alpha value is -2.15. The lowest BCUT2D eigenvalue weighted by molar-refractivity contribution is 0.614. The van der Waals surface area contributed by atoms with Gasteiger partial charge in [0, 0.05) is 29.1 Å². The van der Waals surface area contributed by atoms with E-state index in [9.17, 15) is 4.79 Å². The number of halogens is 1. The highest BCUT2D eigenvalue weighted by atomic mass is 79.9. The lowest BCUT2D eigenvalue weighted by Crippen LogP contribution is -2.24. The van der Waals surface area contributed by atoms with Crippen molar-refractivity contribution >= 4 is 27.3 Å². The van der Waals surface area contributed by atoms with Crippen LogP contribution in [0.5, 0.6) is 0 Å². The van der Waals surface area contributed by atoms with E-state index in [0.29, 0.717) is 18.7 Å². The standard InChI is InChI=1S/C13H12BrN5O/c14-10-2-1-3-11(8-10)16-5-7-19-13(20)18-6-4-15-9-12(18)17-19/h1-4,6,8-9,16H,5,7H2. The molecule has 0 amide bonds. The van der Waals surface area contributed by atoms with Crippen LogP contribution in [-0.4, -0.2) is 25.7 Å².